The fourth-order valence-corrected chi connectivity index (χ4v) is 0.578. The van der Waals surface area contributed by atoms with E-state index < -0.39 is 5.38 Å². The topological polar surface area (TPSA) is 26.3 Å². The van der Waals surface area contributed by atoms with Crippen LogP contribution in [0.4, 0.5) is 0 Å². The molecule has 2 nitrogen and oxygen atoms in total. The zero-order valence-electron chi connectivity index (χ0n) is 6.68. The van der Waals surface area contributed by atoms with Gasteiger partial charge in [0.2, 0.25) is 0 Å². The van der Waals surface area contributed by atoms with Crippen molar-refractivity contribution in [2.75, 3.05) is 6.61 Å². The van der Waals surface area contributed by atoms with Crippen LogP contribution < -0.4 is 0 Å². The Morgan fingerprint density at radius 3 is 2.91 bits per heavy atom. The lowest BCUT2D eigenvalue weighted by Crippen LogP contribution is -2.14. The van der Waals surface area contributed by atoms with E-state index in [9.17, 15) is 4.79 Å². The Bertz CT molecular complexity index is 132. The number of hydrogen-bond acceptors (Lipinski definition) is 2. The van der Waals surface area contributed by atoms with Gasteiger partial charge in [-0.25, -0.2) is 0 Å². The maximum atomic E-state index is 10.7. The molecule has 1 atom stereocenters. The van der Waals surface area contributed by atoms with Crippen LogP contribution >= 0.6 is 11.6 Å². The van der Waals surface area contributed by atoms with E-state index in [-0.39, 0.29) is 5.97 Å². The highest BCUT2D eigenvalue weighted by Crippen LogP contribution is 1.98. The van der Waals surface area contributed by atoms with Gasteiger partial charge in [0.15, 0.2) is 0 Å². The number of rotatable bonds is 5. The number of halogens is 1. The highest BCUT2D eigenvalue weighted by Gasteiger charge is 2.08. The molecule has 0 fully saturated rings. The summed E-state index contributed by atoms with van der Waals surface area (Å²) in [7, 11) is 0. The van der Waals surface area contributed by atoms with Gasteiger partial charge in [-0.1, -0.05) is 6.08 Å². The zero-order valence-corrected chi connectivity index (χ0v) is 7.43. The second-order valence-electron chi connectivity index (χ2n) is 2.21. The molecule has 1 unspecified atom stereocenters. The van der Waals surface area contributed by atoms with Gasteiger partial charge in [-0.15, -0.1) is 18.2 Å². The summed E-state index contributed by atoms with van der Waals surface area (Å²) in [4.78, 5) is 10.7. The van der Waals surface area contributed by atoms with Crippen molar-refractivity contribution in [1.29, 1.82) is 0 Å². The second-order valence-corrected chi connectivity index (χ2v) is 2.87. The van der Waals surface area contributed by atoms with E-state index in [0.717, 1.165) is 12.8 Å². The van der Waals surface area contributed by atoms with Crippen molar-refractivity contribution in [2.45, 2.75) is 25.1 Å². The van der Waals surface area contributed by atoms with E-state index >= 15 is 0 Å². The molecule has 0 aromatic carbocycles. The maximum absolute atomic E-state index is 10.7. The molecule has 0 heterocycles. The molecule has 11 heavy (non-hydrogen) atoms. The third-order valence-electron chi connectivity index (χ3n) is 1.12. The first-order valence-electron chi connectivity index (χ1n) is 3.60. The lowest BCUT2D eigenvalue weighted by Gasteiger charge is -2.03. The van der Waals surface area contributed by atoms with Crippen molar-refractivity contribution in [1.82, 2.24) is 0 Å². The van der Waals surface area contributed by atoms with Crippen LogP contribution in [0.5, 0.6) is 0 Å². The summed E-state index contributed by atoms with van der Waals surface area (Å²) in [5.74, 6) is -0.351. The lowest BCUT2D eigenvalue weighted by molar-refractivity contribution is -0.142. The van der Waals surface area contributed by atoms with Gasteiger partial charge in [0, 0.05) is 0 Å². The minimum Gasteiger partial charge on any atom is -0.465 e. The van der Waals surface area contributed by atoms with Crippen LogP contribution in [0, 0.1) is 0 Å². The molecule has 0 amide bonds. The number of hydrogen-bond donors (Lipinski definition) is 0. The molecule has 0 saturated carbocycles. The molecule has 0 rings (SSSR count). The standard InChI is InChI=1S/C8H13ClO2/c1-3-4-5-6-11-8(10)7(2)9/h3,7H,1,4-6H2,2H3. The highest BCUT2D eigenvalue weighted by atomic mass is 35.5. The summed E-state index contributed by atoms with van der Waals surface area (Å²) in [5.41, 5.74) is 0. The third-order valence-corrected chi connectivity index (χ3v) is 1.30. The van der Waals surface area contributed by atoms with Gasteiger partial charge >= 0.3 is 5.97 Å². The molecule has 0 bridgehead atoms. The SMILES string of the molecule is C=CCCCOC(=O)C(C)Cl. The first-order valence-corrected chi connectivity index (χ1v) is 4.03. The molecule has 3 heteroatoms. The quantitative estimate of drug-likeness (QED) is 0.278. The molecular weight excluding hydrogens is 164 g/mol. The fourth-order valence-electron chi connectivity index (χ4n) is 0.515. The van der Waals surface area contributed by atoms with Crippen LogP contribution in [0.1, 0.15) is 19.8 Å². The van der Waals surface area contributed by atoms with Crippen molar-refractivity contribution >= 4 is 17.6 Å². The molecule has 0 aliphatic rings. The zero-order chi connectivity index (χ0) is 8.69. The van der Waals surface area contributed by atoms with E-state index in [1.54, 1.807) is 13.0 Å². The fraction of sp³-hybridized carbons (Fsp3) is 0.625. The predicted octanol–water partition coefficient (Wildman–Crippen LogP) is 2.12. The molecular formula is C8H13ClO2. The average Bonchev–Trinajstić information content (AvgIpc) is 1.97. The molecule has 0 radical (unpaired) electrons. The Morgan fingerprint density at radius 1 is 1.82 bits per heavy atom. The number of carbonyl (C=O) groups excluding carboxylic acids is 1. The normalized spacial score (nSPS) is 12.2. The Morgan fingerprint density at radius 2 is 2.45 bits per heavy atom. The molecule has 0 aliphatic carbocycles. The summed E-state index contributed by atoms with van der Waals surface area (Å²) in [6.07, 6.45) is 3.47. The largest absolute Gasteiger partial charge is 0.465 e. The second kappa shape index (κ2) is 6.23. The van der Waals surface area contributed by atoms with Gasteiger partial charge in [0.1, 0.15) is 5.38 Å². The van der Waals surface area contributed by atoms with Crippen molar-refractivity contribution in [2.24, 2.45) is 0 Å². The van der Waals surface area contributed by atoms with Gasteiger partial charge in [0.25, 0.3) is 0 Å². The van der Waals surface area contributed by atoms with Crippen LogP contribution in [-0.2, 0) is 9.53 Å². The van der Waals surface area contributed by atoms with Crippen molar-refractivity contribution < 1.29 is 9.53 Å². The minimum atomic E-state index is -0.543. The number of alkyl halides is 1. The Hall–Kier alpha value is -0.500. The third kappa shape index (κ3) is 5.92. The first kappa shape index (κ1) is 10.5. The first-order chi connectivity index (χ1) is 5.18. The van der Waals surface area contributed by atoms with Crippen molar-refractivity contribution in [3.05, 3.63) is 12.7 Å². The van der Waals surface area contributed by atoms with Crippen molar-refractivity contribution in [3.8, 4) is 0 Å². The molecule has 0 saturated heterocycles. The van der Waals surface area contributed by atoms with Crippen LogP contribution in [-0.4, -0.2) is 18.0 Å². The predicted molar refractivity (Wildman–Crippen MR) is 45.7 cm³/mol. The maximum Gasteiger partial charge on any atom is 0.323 e. The number of ether oxygens (including phenoxy) is 1. The monoisotopic (exact) mass is 176 g/mol. The smallest absolute Gasteiger partial charge is 0.323 e. The van der Waals surface area contributed by atoms with E-state index in [1.807, 2.05) is 0 Å². The van der Waals surface area contributed by atoms with Gasteiger partial charge in [0.05, 0.1) is 6.61 Å². The summed E-state index contributed by atoms with van der Waals surface area (Å²) in [6, 6.07) is 0. The molecule has 0 spiro atoms. The molecule has 0 aromatic rings. The Kier molecular flexibility index (Phi) is 5.94. The van der Waals surface area contributed by atoms with Gasteiger partial charge < -0.3 is 4.74 Å². The molecule has 0 aromatic heterocycles. The van der Waals surface area contributed by atoms with Crippen LogP contribution in [0.2, 0.25) is 0 Å². The number of esters is 1. The number of carbonyl (C=O) groups is 1. The molecule has 0 N–H and O–H groups in total. The molecule has 0 aliphatic heterocycles. The summed E-state index contributed by atoms with van der Waals surface area (Å²) in [5, 5.41) is -0.543. The number of unbranched alkanes of at least 4 members (excludes halogenated alkanes) is 1. The van der Waals surface area contributed by atoms with Crippen LogP contribution in [0.25, 0.3) is 0 Å². The Balaban J connectivity index is 3.24. The van der Waals surface area contributed by atoms with Crippen LogP contribution in [0.15, 0.2) is 12.7 Å². The minimum absolute atomic E-state index is 0.351. The summed E-state index contributed by atoms with van der Waals surface area (Å²) >= 11 is 5.45. The van der Waals surface area contributed by atoms with E-state index in [1.165, 1.54) is 0 Å². The Labute approximate surface area is 72.2 Å². The van der Waals surface area contributed by atoms with Gasteiger partial charge in [-0.05, 0) is 19.8 Å². The highest BCUT2D eigenvalue weighted by molar-refractivity contribution is 6.29. The van der Waals surface area contributed by atoms with Gasteiger partial charge in [-0.2, -0.15) is 0 Å². The van der Waals surface area contributed by atoms with Gasteiger partial charge in [-0.3, -0.25) is 4.79 Å². The molecule has 64 valence electrons. The van der Waals surface area contributed by atoms with Crippen molar-refractivity contribution in [3.63, 3.8) is 0 Å². The average molecular weight is 177 g/mol. The lowest BCUT2D eigenvalue weighted by atomic mass is 10.3. The van der Waals surface area contributed by atoms with E-state index in [2.05, 4.69) is 6.58 Å². The summed E-state index contributed by atoms with van der Waals surface area (Å²) < 4.78 is 4.79. The summed E-state index contributed by atoms with van der Waals surface area (Å²) in [6.45, 7) is 5.57. The van der Waals surface area contributed by atoms with E-state index in [4.69, 9.17) is 16.3 Å². The number of allylic oxidation sites excluding steroid dienone is 1. The van der Waals surface area contributed by atoms with Crippen LogP contribution in [0.3, 0.4) is 0 Å². The van der Waals surface area contributed by atoms with E-state index in [0.29, 0.717) is 6.61 Å².